The summed E-state index contributed by atoms with van der Waals surface area (Å²) in [5.74, 6) is -0.928. The molecule has 2 amide bonds. The number of hydrogen-bond acceptors (Lipinski definition) is 5. The summed E-state index contributed by atoms with van der Waals surface area (Å²) >= 11 is 1.06. The number of urea groups is 1. The molecule has 0 aliphatic carbocycles. The van der Waals surface area contributed by atoms with Gasteiger partial charge in [-0.25, -0.2) is 4.79 Å². The van der Waals surface area contributed by atoms with E-state index in [4.69, 9.17) is 5.11 Å². The fourth-order valence-corrected chi connectivity index (χ4v) is 1.75. The van der Waals surface area contributed by atoms with Crippen LogP contribution in [0.4, 0.5) is 9.80 Å². The first-order valence-corrected chi connectivity index (χ1v) is 5.95. The zero-order valence-corrected chi connectivity index (χ0v) is 10.2. The Hall–Kier alpha value is -1.70. The highest BCUT2D eigenvalue weighted by atomic mass is 32.1. The monoisotopic (exact) mass is 258 g/mol. The van der Waals surface area contributed by atoms with E-state index in [2.05, 4.69) is 20.2 Å². The SMILES string of the molecule is CCCC(CC(=O)O)NC(=O)Nc1cnns1. The molecule has 0 aromatic carbocycles. The van der Waals surface area contributed by atoms with Gasteiger partial charge in [-0.05, 0) is 6.42 Å². The van der Waals surface area contributed by atoms with Crippen LogP contribution < -0.4 is 10.6 Å². The maximum atomic E-state index is 11.5. The van der Waals surface area contributed by atoms with Crippen molar-refractivity contribution in [3.8, 4) is 0 Å². The van der Waals surface area contributed by atoms with E-state index in [1.54, 1.807) is 0 Å². The molecule has 0 aliphatic heterocycles. The quantitative estimate of drug-likeness (QED) is 0.713. The van der Waals surface area contributed by atoms with Crippen molar-refractivity contribution >= 4 is 28.5 Å². The second-order valence-corrected chi connectivity index (χ2v) is 4.25. The number of aliphatic carboxylic acids is 1. The summed E-state index contributed by atoms with van der Waals surface area (Å²) in [4.78, 5) is 22.1. The molecular formula is C9H14N4O3S. The molecule has 1 heterocycles. The van der Waals surface area contributed by atoms with Crippen LogP contribution in [0.3, 0.4) is 0 Å². The largest absolute Gasteiger partial charge is 0.481 e. The van der Waals surface area contributed by atoms with Crippen molar-refractivity contribution in [3.05, 3.63) is 6.20 Å². The van der Waals surface area contributed by atoms with Crippen molar-refractivity contribution in [1.29, 1.82) is 0 Å². The predicted octanol–water partition coefficient (Wildman–Crippen LogP) is 1.30. The lowest BCUT2D eigenvalue weighted by Gasteiger charge is -2.15. The highest BCUT2D eigenvalue weighted by Crippen LogP contribution is 2.09. The summed E-state index contributed by atoms with van der Waals surface area (Å²) in [6, 6.07) is -0.797. The predicted molar refractivity (Wildman–Crippen MR) is 63.0 cm³/mol. The summed E-state index contributed by atoms with van der Waals surface area (Å²) in [5, 5.41) is 17.9. The minimum absolute atomic E-state index is 0.0812. The fraction of sp³-hybridized carbons (Fsp3) is 0.556. The smallest absolute Gasteiger partial charge is 0.320 e. The second kappa shape index (κ2) is 6.79. The van der Waals surface area contributed by atoms with Crippen molar-refractivity contribution in [1.82, 2.24) is 14.9 Å². The number of carbonyl (C=O) groups excluding carboxylic acids is 1. The molecule has 1 rings (SSSR count). The van der Waals surface area contributed by atoms with Gasteiger partial charge in [-0.1, -0.05) is 17.8 Å². The number of nitrogens with one attached hydrogen (secondary N) is 2. The van der Waals surface area contributed by atoms with E-state index in [0.717, 1.165) is 18.0 Å². The van der Waals surface area contributed by atoms with Crippen LogP contribution in [-0.2, 0) is 4.79 Å². The molecule has 0 aliphatic rings. The molecule has 1 unspecified atom stereocenters. The van der Waals surface area contributed by atoms with Gasteiger partial charge in [0.1, 0.15) is 5.00 Å². The summed E-state index contributed by atoms with van der Waals surface area (Å²) in [6.45, 7) is 1.93. The van der Waals surface area contributed by atoms with Gasteiger partial charge >= 0.3 is 12.0 Å². The van der Waals surface area contributed by atoms with Gasteiger partial charge in [-0.2, -0.15) is 0 Å². The summed E-state index contributed by atoms with van der Waals surface area (Å²) in [6.07, 6.45) is 2.78. The van der Waals surface area contributed by atoms with Crippen molar-refractivity contribution < 1.29 is 14.7 Å². The average molecular weight is 258 g/mol. The Kier molecular flexibility index (Phi) is 5.34. The summed E-state index contributed by atoms with van der Waals surface area (Å²) in [5.41, 5.74) is 0. The van der Waals surface area contributed by atoms with Gasteiger partial charge in [0, 0.05) is 17.6 Å². The number of carbonyl (C=O) groups is 2. The fourth-order valence-electron chi connectivity index (χ4n) is 1.34. The van der Waals surface area contributed by atoms with Crippen LogP contribution in [0.5, 0.6) is 0 Å². The first kappa shape index (κ1) is 13.4. The lowest BCUT2D eigenvalue weighted by molar-refractivity contribution is -0.137. The average Bonchev–Trinajstić information content (AvgIpc) is 2.69. The Morgan fingerprint density at radius 2 is 2.35 bits per heavy atom. The molecule has 0 spiro atoms. The third-order valence-corrected chi connectivity index (χ3v) is 2.57. The van der Waals surface area contributed by atoms with Crippen molar-refractivity contribution in [2.24, 2.45) is 0 Å². The molecule has 0 radical (unpaired) electrons. The number of anilines is 1. The number of aromatic nitrogens is 2. The van der Waals surface area contributed by atoms with E-state index in [1.165, 1.54) is 6.20 Å². The molecule has 0 saturated heterocycles. The molecule has 0 fully saturated rings. The van der Waals surface area contributed by atoms with Crippen LogP contribution in [0.15, 0.2) is 6.20 Å². The van der Waals surface area contributed by atoms with Crippen LogP contribution in [0, 0.1) is 0 Å². The number of carboxylic acids is 1. The topological polar surface area (TPSA) is 104 Å². The second-order valence-electron chi connectivity index (χ2n) is 3.46. The number of amides is 2. The van der Waals surface area contributed by atoms with Crippen molar-refractivity contribution in [2.45, 2.75) is 32.2 Å². The van der Waals surface area contributed by atoms with Gasteiger partial charge < -0.3 is 10.4 Å². The third-order valence-electron chi connectivity index (χ3n) is 1.99. The Bertz CT molecular complexity index is 368. The van der Waals surface area contributed by atoms with Gasteiger partial charge in [0.05, 0.1) is 12.6 Å². The van der Waals surface area contributed by atoms with Crippen LogP contribution >= 0.6 is 11.5 Å². The Morgan fingerprint density at radius 1 is 1.59 bits per heavy atom. The zero-order chi connectivity index (χ0) is 12.7. The normalized spacial score (nSPS) is 11.8. The standard InChI is InChI=1S/C9H14N4O3S/c1-2-3-6(4-8(14)15)11-9(16)12-7-5-10-13-17-7/h5-6H,2-4H2,1H3,(H,14,15)(H2,11,12,16). The molecule has 17 heavy (non-hydrogen) atoms. The molecule has 1 aromatic heterocycles. The van der Waals surface area contributed by atoms with Crippen LogP contribution in [0.1, 0.15) is 26.2 Å². The summed E-state index contributed by atoms with van der Waals surface area (Å²) in [7, 11) is 0. The first-order valence-electron chi connectivity index (χ1n) is 5.18. The molecule has 8 heteroatoms. The molecule has 0 saturated carbocycles. The molecule has 1 aromatic rings. The van der Waals surface area contributed by atoms with Gasteiger partial charge in [-0.3, -0.25) is 10.1 Å². The number of nitrogens with zero attached hydrogens (tertiary/aromatic N) is 2. The Balaban J connectivity index is 2.43. The minimum atomic E-state index is -0.928. The van der Waals surface area contributed by atoms with Gasteiger partial charge in [0.2, 0.25) is 0 Å². The van der Waals surface area contributed by atoms with E-state index < -0.39 is 12.0 Å². The van der Waals surface area contributed by atoms with E-state index in [0.29, 0.717) is 11.4 Å². The minimum Gasteiger partial charge on any atom is -0.481 e. The molecular weight excluding hydrogens is 244 g/mol. The number of hydrogen-bond donors (Lipinski definition) is 3. The highest BCUT2D eigenvalue weighted by molar-refractivity contribution is 7.10. The van der Waals surface area contributed by atoms with Crippen molar-refractivity contribution in [2.75, 3.05) is 5.32 Å². The molecule has 3 N–H and O–H groups in total. The summed E-state index contributed by atoms with van der Waals surface area (Å²) < 4.78 is 3.59. The van der Waals surface area contributed by atoms with E-state index in [9.17, 15) is 9.59 Å². The third kappa shape index (κ3) is 5.25. The van der Waals surface area contributed by atoms with Gasteiger partial charge in [0.15, 0.2) is 0 Å². The molecule has 0 bridgehead atoms. The zero-order valence-electron chi connectivity index (χ0n) is 9.34. The van der Waals surface area contributed by atoms with E-state index >= 15 is 0 Å². The van der Waals surface area contributed by atoms with Crippen LogP contribution in [-0.4, -0.2) is 32.7 Å². The lowest BCUT2D eigenvalue weighted by Crippen LogP contribution is -2.39. The van der Waals surface area contributed by atoms with Crippen molar-refractivity contribution in [3.63, 3.8) is 0 Å². The van der Waals surface area contributed by atoms with Gasteiger partial charge in [-0.15, -0.1) is 5.10 Å². The number of carboxylic acid groups (broad SMARTS) is 1. The molecule has 7 nitrogen and oxygen atoms in total. The van der Waals surface area contributed by atoms with E-state index in [-0.39, 0.29) is 12.5 Å². The van der Waals surface area contributed by atoms with Gasteiger partial charge in [0.25, 0.3) is 0 Å². The first-order chi connectivity index (χ1) is 8.11. The number of rotatable bonds is 6. The molecule has 94 valence electrons. The Morgan fingerprint density at radius 3 is 2.88 bits per heavy atom. The maximum absolute atomic E-state index is 11.5. The van der Waals surface area contributed by atoms with Crippen LogP contribution in [0.2, 0.25) is 0 Å². The molecule has 1 atom stereocenters. The Labute approximate surface area is 102 Å². The van der Waals surface area contributed by atoms with Crippen LogP contribution in [0.25, 0.3) is 0 Å². The maximum Gasteiger partial charge on any atom is 0.320 e. The lowest BCUT2D eigenvalue weighted by atomic mass is 10.1. The highest BCUT2D eigenvalue weighted by Gasteiger charge is 2.15. The van der Waals surface area contributed by atoms with E-state index in [1.807, 2.05) is 6.92 Å².